The summed E-state index contributed by atoms with van der Waals surface area (Å²) in [6, 6.07) is 14.2. The number of rotatable bonds is 10. The van der Waals surface area contributed by atoms with Crippen molar-refractivity contribution in [3.8, 4) is 0 Å². The minimum absolute atomic E-state index is 0.0529. The van der Waals surface area contributed by atoms with Crippen molar-refractivity contribution < 1.29 is 14.0 Å². The highest BCUT2D eigenvalue weighted by molar-refractivity contribution is 5.88. The molecule has 34 heavy (non-hydrogen) atoms. The van der Waals surface area contributed by atoms with Gasteiger partial charge in [0.1, 0.15) is 11.9 Å². The Kier molecular flexibility index (Phi) is 9.67. The van der Waals surface area contributed by atoms with Crippen molar-refractivity contribution >= 4 is 11.8 Å². The first-order chi connectivity index (χ1) is 16.4. The number of carbonyl (C=O) groups is 2. The van der Waals surface area contributed by atoms with Crippen LogP contribution >= 0.6 is 0 Å². The Bertz CT molecular complexity index is 918. The minimum Gasteiger partial charge on any atom is -0.352 e. The summed E-state index contributed by atoms with van der Waals surface area (Å²) in [5.74, 6) is 0.0254. The molecule has 1 aliphatic carbocycles. The molecule has 1 saturated carbocycles. The number of nitrogens with one attached hydrogen (secondary N) is 1. The molecule has 5 heteroatoms. The van der Waals surface area contributed by atoms with Crippen LogP contribution in [0, 0.1) is 5.82 Å². The first kappa shape index (κ1) is 25.9. The molecule has 4 nitrogen and oxygen atoms in total. The predicted octanol–water partition coefficient (Wildman–Crippen LogP) is 6.14. The highest BCUT2D eigenvalue weighted by Crippen LogP contribution is 2.20. The van der Waals surface area contributed by atoms with E-state index in [9.17, 15) is 14.0 Å². The smallest absolute Gasteiger partial charge is 0.243 e. The molecule has 2 aromatic rings. The molecule has 0 bridgehead atoms. The first-order valence-electron chi connectivity index (χ1n) is 12.8. The minimum atomic E-state index is -0.539. The van der Waals surface area contributed by atoms with Gasteiger partial charge in [0.15, 0.2) is 0 Å². The molecule has 0 aromatic heterocycles. The number of halogens is 1. The zero-order chi connectivity index (χ0) is 24.5. The molecule has 0 radical (unpaired) electrons. The Balaban J connectivity index is 1.73. The third kappa shape index (κ3) is 7.41. The molecule has 0 heterocycles. The van der Waals surface area contributed by atoms with E-state index >= 15 is 0 Å². The molecule has 1 N–H and O–H groups in total. The van der Waals surface area contributed by atoms with Crippen LogP contribution < -0.4 is 5.32 Å². The lowest BCUT2D eigenvalue weighted by molar-refractivity contribution is -0.141. The van der Waals surface area contributed by atoms with Crippen molar-refractivity contribution in [2.24, 2.45) is 0 Å². The van der Waals surface area contributed by atoms with Crippen LogP contribution in [-0.2, 0) is 22.6 Å². The zero-order valence-electron chi connectivity index (χ0n) is 20.9. The van der Waals surface area contributed by atoms with Crippen molar-refractivity contribution in [2.75, 3.05) is 0 Å². The Morgan fingerprint density at radius 3 is 2.18 bits per heavy atom. The van der Waals surface area contributed by atoms with E-state index in [-0.39, 0.29) is 23.7 Å². The molecule has 0 spiro atoms. The molecular formula is C29H39FN2O2. The summed E-state index contributed by atoms with van der Waals surface area (Å²) in [6.07, 6.45) is 6.98. The number of benzene rings is 2. The Morgan fingerprint density at radius 2 is 1.59 bits per heavy atom. The Morgan fingerprint density at radius 1 is 0.971 bits per heavy atom. The van der Waals surface area contributed by atoms with E-state index in [2.05, 4.69) is 43.4 Å². The van der Waals surface area contributed by atoms with E-state index in [0.29, 0.717) is 31.7 Å². The van der Waals surface area contributed by atoms with E-state index in [0.717, 1.165) is 36.8 Å². The Hall–Kier alpha value is -2.69. The number of carbonyl (C=O) groups excluding carboxylic acids is 2. The van der Waals surface area contributed by atoms with E-state index in [1.54, 1.807) is 17.0 Å². The summed E-state index contributed by atoms with van der Waals surface area (Å²) in [4.78, 5) is 28.4. The topological polar surface area (TPSA) is 49.4 Å². The van der Waals surface area contributed by atoms with Crippen LogP contribution in [0.2, 0.25) is 0 Å². The molecular weight excluding hydrogens is 427 g/mol. The number of nitrogens with zero attached hydrogens (tertiary/aromatic N) is 1. The van der Waals surface area contributed by atoms with Crippen molar-refractivity contribution in [3.63, 3.8) is 0 Å². The van der Waals surface area contributed by atoms with Crippen LogP contribution in [0.5, 0.6) is 0 Å². The van der Waals surface area contributed by atoms with Crippen molar-refractivity contribution in [2.45, 2.75) is 96.7 Å². The summed E-state index contributed by atoms with van der Waals surface area (Å²) >= 11 is 0. The van der Waals surface area contributed by atoms with E-state index in [4.69, 9.17) is 0 Å². The van der Waals surface area contributed by atoms with Crippen LogP contribution in [-0.4, -0.2) is 28.8 Å². The molecule has 3 rings (SSSR count). The van der Waals surface area contributed by atoms with E-state index < -0.39 is 6.04 Å². The maximum Gasteiger partial charge on any atom is 0.243 e. The Labute approximate surface area is 203 Å². The fraction of sp³-hybridized carbons (Fsp3) is 0.517. The molecule has 2 aromatic carbocycles. The van der Waals surface area contributed by atoms with Gasteiger partial charge in [0.2, 0.25) is 11.8 Å². The van der Waals surface area contributed by atoms with Crippen LogP contribution in [0.3, 0.4) is 0 Å². The van der Waals surface area contributed by atoms with Crippen molar-refractivity contribution in [1.29, 1.82) is 0 Å². The number of aryl methyl sites for hydroxylation is 1. The molecule has 1 fully saturated rings. The summed E-state index contributed by atoms with van der Waals surface area (Å²) in [5.41, 5.74) is 3.21. The van der Waals surface area contributed by atoms with Gasteiger partial charge in [-0.3, -0.25) is 9.59 Å². The van der Waals surface area contributed by atoms with E-state index in [1.807, 2.05) is 6.92 Å². The van der Waals surface area contributed by atoms with Crippen molar-refractivity contribution in [3.05, 3.63) is 71.0 Å². The van der Waals surface area contributed by atoms with E-state index in [1.165, 1.54) is 24.1 Å². The molecule has 0 saturated heterocycles. The monoisotopic (exact) mass is 466 g/mol. The highest BCUT2D eigenvalue weighted by atomic mass is 19.1. The SMILES string of the molecule is CC[C@@H](C(=O)NC1CCCCC1)N(Cc1ccc(F)cc1)C(=O)CCc1ccc(C(C)C)cc1. The molecule has 184 valence electrons. The summed E-state index contributed by atoms with van der Waals surface area (Å²) in [7, 11) is 0. The zero-order valence-corrected chi connectivity index (χ0v) is 20.9. The predicted molar refractivity (Wildman–Crippen MR) is 135 cm³/mol. The lowest BCUT2D eigenvalue weighted by Crippen LogP contribution is -2.51. The third-order valence-corrected chi connectivity index (χ3v) is 6.88. The number of amides is 2. The van der Waals surface area contributed by atoms with Crippen molar-refractivity contribution in [1.82, 2.24) is 10.2 Å². The molecule has 1 atom stereocenters. The third-order valence-electron chi connectivity index (χ3n) is 6.88. The van der Waals surface area contributed by atoms with Crippen LogP contribution in [0.4, 0.5) is 4.39 Å². The molecule has 0 aliphatic heterocycles. The molecule has 0 unspecified atom stereocenters. The van der Waals surface area contributed by atoms with Gasteiger partial charge in [-0.1, -0.05) is 76.4 Å². The number of hydrogen-bond donors (Lipinski definition) is 1. The lowest BCUT2D eigenvalue weighted by Gasteiger charge is -2.33. The van der Waals surface area contributed by atoms with Gasteiger partial charge in [-0.05, 0) is 60.4 Å². The van der Waals surface area contributed by atoms with Gasteiger partial charge in [0, 0.05) is 19.0 Å². The summed E-state index contributed by atoms with van der Waals surface area (Å²) in [6.45, 7) is 6.56. The molecule has 2 amide bonds. The van der Waals surface area contributed by atoms with Crippen LogP contribution in [0.25, 0.3) is 0 Å². The van der Waals surface area contributed by atoms with Gasteiger partial charge in [0.25, 0.3) is 0 Å². The van der Waals surface area contributed by atoms with Crippen LogP contribution in [0.1, 0.15) is 88.3 Å². The fourth-order valence-electron chi connectivity index (χ4n) is 4.71. The van der Waals surface area contributed by atoms with Crippen LogP contribution in [0.15, 0.2) is 48.5 Å². The van der Waals surface area contributed by atoms with Gasteiger partial charge in [-0.2, -0.15) is 0 Å². The summed E-state index contributed by atoms with van der Waals surface area (Å²) < 4.78 is 13.4. The quantitative estimate of drug-likeness (QED) is 0.457. The van der Waals surface area contributed by atoms with Gasteiger partial charge in [-0.15, -0.1) is 0 Å². The standard InChI is InChI=1S/C29H39FN2O2/c1-4-27(29(34)31-26-8-6-5-7-9-26)32(20-23-12-17-25(30)18-13-23)28(33)19-14-22-10-15-24(16-11-22)21(2)3/h10-13,15-18,21,26-27H,4-9,14,19-20H2,1-3H3,(H,31,34)/t27-/m0/s1. The van der Waals surface area contributed by atoms with Gasteiger partial charge in [-0.25, -0.2) is 4.39 Å². The maximum absolute atomic E-state index is 13.4. The highest BCUT2D eigenvalue weighted by Gasteiger charge is 2.30. The summed E-state index contributed by atoms with van der Waals surface area (Å²) in [5, 5.41) is 3.20. The second-order valence-electron chi connectivity index (χ2n) is 9.81. The fourth-order valence-corrected chi connectivity index (χ4v) is 4.71. The normalized spacial score (nSPS) is 15.2. The lowest BCUT2D eigenvalue weighted by atomic mass is 9.95. The maximum atomic E-state index is 13.4. The average molecular weight is 467 g/mol. The second-order valence-corrected chi connectivity index (χ2v) is 9.81. The first-order valence-corrected chi connectivity index (χ1v) is 12.8. The largest absolute Gasteiger partial charge is 0.352 e. The molecule has 1 aliphatic rings. The second kappa shape index (κ2) is 12.7. The van der Waals surface area contributed by atoms with Gasteiger partial charge < -0.3 is 10.2 Å². The number of hydrogen-bond acceptors (Lipinski definition) is 2. The van der Waals surface area contributed by atoms with Gasteiger partial charge in [0.05, 0.1) is 0 Å². The van der Waals surface area contributed by atoms with Gasteiger partial charge >= 0.3 is 0 Å². The average Bonchev–Trinajstić information content (AvgIpc) is 2.84.